The Balaban J connectivity index is 1.34. The number of likely N-dealkylation sites (tertiary alicyclic amines) is 1. The number of aryl methyl sites for hydroxylation is 2. The Morgan fingerprint density at radius 1 is 1.33 bits per heavy atom. The molecule has 0 saturated carbocycles. The lowest BCUT2D eigenvalue weighted by atomic mass is 9.97. The molecule has 2 amide bonds. The van der Waals surface area contributed by atoms with Crippen LogP contribution in [0.25, 0.3) is 11.1 Å². The summed E-state index contributed by atoms with van der Waals surface area (Å²) >= 11 is 0. The Morgan fingerprint density at radius 3 is 2.89 bits per heavy atom. The minimum absolute atomic E-state index is 0.0625. The molecule has 0 unspecified atom stereocenters. The van der Waals surface area contributed by atoms with Crippen LogP contribution in [0.3, 0.4) is 0 Å². The third kappa shape index (κ3) is 3.51. The van der Waals surface area contributed by atoms with Gasteiger partial charge in [-0.1, -0.05) is 12.1 Å². The monoisotopic (exact) mass is 368 g/mol. The minimum Gasteiger partial charge on any atom is -0.440 e. The van der Waals surface area contributed by atoms with Gasteiger partial charge in [-0.3, -0.25) is 0 Å². The highest BCUT2D eigenvalue weighted by molar-refractivity contribution is 5.76. The Kier molecular flexibility index (Phi) is 4.79. The number of carbonyl (C=O) groups is 1. The molecule has 4 rings (SSSR count). The molecule has 1 fully saturated rings. The van der Waals surface area contributed by atoms with E-state index in [-0.39, 0.29) is 11.9 Å². The van der Waals surface area contributed by atoms with E-state index in [0.717, 1.165) is 47.8 Å². The Bertz CT molecular complexity index is 939. The van der Waals surface area contributed by atoms with Gasteiger partial charge in [-0.2, -0.15) is 5.10 Å². The van der Waals surface area contributed by atoms with Crippen LogP contribution in [0.5, 0.6) is 0 Å². The number of hydrogen-bond acceptors (Lipinski definition) is 5. The van der Waals surface area contributed by atoms with Crippen molar-refractivity contribution in [3.05, 3.63) is 41.8 Å². The maximum atomic E-state index is 12.4. The first-order valence-corrected chi connectivity index (χ1v) is 9.41. The lowest BCUT2D eigenvalue weighted by molar-refractivity contribution is 0.177. The zero-order chi connectivity index (χ0) is 18.8. The average molecular weight is 368 g/mol. The highest BCUT2D eigenvalue weighted by atomic mass is 16.3. The van der Waals surface area contributed by atoms with Crippen molar-refractivity contribution < 1.29 is 9.21 Å². The van der Waals surface area contributed by atoms with Gasteiger partial charge in [0.05, 0.1) is 6.54 Å². The van der Waals surface area contributed by atoms with Gasteiger partial charge in [-0.15, -0.1) is 0 Å². The zero-order valence-corrected chi connectivity index (χ0v) is 15.7. The predicted molar refractivity (Wildman–Crippen MR) is 100 cm³/mol. The average Bonchev–Trinajstić information content (AvgIpc) is 3.33. The number of hydrogen-bond donors (Lipinski definition) is 1. The summed E-state index contributed by atoms with van der Waals surface area (Å²) in [6.07, 6.45) is 3.22. The topological polar surface area (TPSA) is 89.1 Å². The van der Waals surface area contributed by atoms with Gasteiger partial charge in [0.15, 0.2) is 11.5 Å². The van der Waals surface area contributed by atoms with Gasteiger partial charge < -0.3 is 14.6 Å². The van der Waals surface area contributed by atoms with Crippen molar-refractivity contribution in [2.45, 2.75) is 45.7 Å². The van der Waals surface area contributed by atoms with E-state index in [4.69, 9.17) is 4.42 Å². The van der Waals surface area contributed by atoms with Crippen LogP contribution < -0.4 is 5.32 Å². The van der Waals surface area contributed by atoms with Crippen molar-refractivity contribution in [2.75, 3.05) is 13.1 Å². The number of aromatic nitrogens is 4. The van der Waals surface area contributed by atoms with Gasteiger partial charge in [0.2, 0.25) is 0 Å². The van der Waals surface area contributed by atoms with Crippen LogP contribution in [0.15, 0.2) is 28.9 Å². The van der Waals surface area contributed by atoms with Crippen molar-refractivity contribution in [1.29, 1.82) is 0 Å². The number of fused-ring (bicyclic) bond motifs is 1. The van der Waals surface area contributed by atoms with Crippen LogP contribution in [-0.2, 0) is 13.1 Å². The molecular weight excluding hydrogens is 344 g/mol. The largest absolute Gasteiger partial charge is 0.440 e. The maximum Gasteiger partial charge on any atom is 0.317 e. The molecule has 1 aromatic carbocycles. The molecule has 0 spiro atoms. The van der Waals surface area contributed by atoms with Crippen molar-refractivity contribution in [3.63, 3.8) is 0 Å². The molecule has 3 aromatic rings. The van der Waals surface area contributed by atoms with E-state index in [1.54, 1.807) is 4.68 Å². The minimum atomic E-state index is -0.0625. The van der Waals surface area contributed by atoms with Gasteiger partial charge in [0, 0.05) is 25.6 Å². The highest BCUT2D eigenvalue weighted by Gasteiger charge is 2.27. The van der Waals surface area contributed by atoms with Crippen LogP contribution in [0.2, 0.25) is 0 Å². The van der Waals surface area contributed by atoms with E-state index < -0.39 is 0 Å². The molecule has 8 nitrogen and oxygen atoms in total. The number of oxazole rings is 1. The molecule has 27 heavy (non-hydrogen) atoms. The SMILES string of the molecule is CCn1ncnc1CNC(=O)N1CCC(c2nc3cccc(C)c3o2)CC1. The number of piperidine rings is 1. The van der Waals surface area contributed by atoms with Crippen LogP contribution in [0, 0.1) is 6.92 Å². The second-order valence-corrected chi connectivity index (χ2v) is 6.89. The molecule has 2 aromatic heterocycles. The summed E-state index contributed by atoms with van der Waals surface area (Å²) in [5, 5.41) is 7.05. The number of urea groups is 1. The standard InChI is InChI=1S/C19H24N6O2/c1-3-25-16(21-12-22-25)11-20-19(26)24-9-7-14(8-10-24)18-23-15-6-4-5-13(2)17(15)27-18/h4-6,12,14H,3,7-11H2,1-2H3,(H,20,26). The lowest BCUT2D eigenvalue weighted by Gasteiger charge is -2.30. The van der Waals surface area contributed by atoms with E-state index in [1.165, 1.54) is 6.33 Å². The quantitative estimate of drug-likeness (QED) is 0.765. The summed E-state index contributed by atoms with van der Waals surface area (Å²) in [4.78, 5) is 23.1. The molecule has 0 bridgehead atoms. The van der Waals surface area contributed by atoms with E-state index >= 15 is 0 Å². The Hall–Kier alpha value is -2.90. The van der Waals surface area contributed by atoms with Crippen LogP contribution >= 0.6 is 0 Å². The molecule has 1 aliphatic heterocycles. The molecule has 0 atom stereocenters. The van der Waals surface area contributed by atoms with Gasteiger partial charge >= 0.3 is 6.03 Å². The number of nitrogens with one attached hydrogen (secondary N) is 1. The van der Waals surface area contributed by atoms with E-state index in [9.17, 15) is 4.79 Å². The second kappa shape index (κ2) is 7.38. The number of amides is 2. The first-order valence-electron chi connectivity index (χ1n) is 9.41. The summed E-state index contributed by atoms with van der Waals surface area (Å²) < 4.78 is 7.79. The Labute approximate surface area is 157 Å². The van der Waals surface area contributed by atoms with Crippen molar-refractivity contribution >= 4 is 17.1 Å². The summed E-state index contributed by atoms with van der Waals surface area (Å²) in [5.41, 5.74) is 2.88. The Morgan fingerprint density at radius 2 is 2.15 bits per heavy atom. The highest BCUT2D eigenvalue weighted by Crippen LogP contribution is 2.30. The molecule has 1 N–H and O–H groups in total. The summed E-state index contributed by atoms with van der Waals surface area (Å²) in [6, 6.07) is 5.94. The number of para-hydroxylation sites is 1. The van der Waals surface area contributed by atoms with Gasteiger partial charge in [-0.25, -0.2) is 19.4 Å². The lowest BCUT2D eigenvalue weighted by Crippen LogP contribution is -2.44. The second-order valence-electron chi connectivity index (χ2n) is 6.89. The van der Waals surface area contributed by atoms with E-state index in [1.807, 2.05) is 36.9 Å². The van der Waals surface area contributed by atoms with Crippen LogP contribution in [0.1, 0.15) is 43.0 Å². The smallest absolute Gasteiger partial charge is 0.317 e. The van der Waals surface area contributed by atoms with E-state index in [2.05, 4.69) is 20.4 Å². The summed E-state index contributed by atoms with van der Waals surface area (Å²) in [5.74, 6) is 1.81. The van der Waals surface area contributed by atoms with Gasteiger partial charge in [0.1, 0.15) is 17.7 Å². The fraction of sp³-hybridized carbons (Fsp3) is 0.474. The zero-order valence-electron chi connectivity index (χ0n) is 15.7. The van der Waals surface area contributed by atoms with Gasteiger partial charge in [0.25, 0.3) is 0 Å². The van der Waals surface area contributed by atoms with Gasteiger partial charge in [-0.05, 0) is 38.3 Å². The van der Waals surface area contributed by atoms with E-state index in [0.29, 0.717) is 19.6 Å². The summed E-state index contributed by atoms with van der Waals surface area (Å²) in [7, 11) is 0. The number of benzene rings is 1. The van der Waals surface area contributed by atoms with Crippen molar-refractivity contribution in [2.24, 2.45) is 0 Å². The first-order chi connectivity index (χ1) is 13.2. The predicted octanol–water partition coefficient (Wildman–Crippen LogP) is 2.84. The van der Waals surface area contributed by atoms with Crippen molar-refractivity contribution in [1.82, 2.24) is 30.0 Å². The molecule has 0 aliphatic carbocycles. The number of carbonyl (C=O) groups excluding carboxylic acids is 1. The molecule has 1 aliphatic rings. The third-order valence-electron chi connectivity index (χ3n) is 5.15. The van der Waals surface area contributed by atoms with Crippen LogP contribution in [-0.4, -0.2) is 43.8 Å². The number of nitrogens with zero attached hydrogens (tertiary/aromatic N) is 5. The van der Waals surface area contributed by atoms with Crippen LogP contribution in [0.4, 0.5) is 4.79 Å². The molecule has 0 radical (unpaired) electrons. The third-order valence-corrected chi connectivity index (χ3v) is 5.15. The molecular formula is C19H24N6O2. The molecule has 8 heteroatoms. The fourth-order valence-corrected chi connectivity index (χ4v) is 3.56. The number of rotatable bonds is 4. The maximum absolute atomic E-state index is 12.4. The molecule has 1 saturated heterocycles. The fourth-order valence-electron chi connectivity index (χ4n) is 3.56. The van der Waals surface area contributed by atoms with Crippen molar-refractivity contribution in [3.8, 4) is 0 Å². The molecule has 142 valence electrons. The normalized spacial score (nSPS) is 15.4. The molecule has 3 heterocycles. The first kappa shape index (κ1) is 17.5. The summed E-state index contributed by atoms with van der Waals surface area (Å²) in [6.45, 7) is 6.53.